The van der Waals surface area contributed by atoms with E-state index in [1.807, 2.05) is 27.8 Å². The van der Waals surface area contributed by atoms with Crippen LogP contribution in [-0.4, -0.2) is 33.3 Å². The quantitative estimate of drug-likeness (QED) is 0.788. The molecule has 1 aliphatic carbocycles. The molecule has 0 saturated heterocycles. The van der Waals surface area contributed by atoms with Crippen molar-refractivity contribution in [2.45, 2.75) is 44.4 Å². The Morgan fingerprint density at radius 1 is 1.25 bits per heavy atom. The SMILES string of the molecule is O=C(Nc1ccsc1)N(Cc1cccc(O)c1)C1CCC(O)CC1. The van der Waals surface area contributed by atoms with Crippen molar-refractivity contribution in [3.05, 3.63) is 46.7 Å². The predicted octanol–water partition coefficient (Wildman–Crippen LogP) is 3.79. The molecule has 1 saturated carbocycles. The predicted molar refractivity (Wildman–Crippen MR) is 95.3 cm³/mol. The molecule has 1 aromatic carbocycles. The van der Waals surface area contributed by atoms with E-state index in [0.717, 1.165) is 24.1 Å². The summed E-state index contributed by atoms with van der Waals surface area (Å²) in [6, 6.07) is 8.82. The highest BCUT2D eigenvalue weighted by molar-refractivity contribution is 7.08. The molecule has 128 valence electrons. The van der Waals surface area contributed by atoms with Crippen molar-refractivity contribution >= 4 is 23.1 Å². The van der Waals surface area contributed by atoms with Crippen molar-refractivity contribution in [1.82, 2.24) is 4.90 Å². The van der Waals surface area contributed by atoms with Gasteiger partial charge >= 0.3 is 6.03 Å². The van der Waals surface area contributed by atoms with Crippen molar-refractivity contribution < 1.29 is 15.0 Å². The number of aliphatic hydroxyl groups excluding tert-OH is 1. The largest absolute Gasteiger partial charge is 0.508 e. The van der Waals surface area contributed by atoms with E-state index in [4.69, 9.17) is 0 Å². The van der Waals surface area contributed by atoms with Crippen LogP contribution in [0.4, 0.5) is 10.5 Å². The second-order valence-electron chi connectivity index (χ2n) is 6.20. The van der Waals surface area contributed by atoms with E-state index in [1.165, 1.54) is 11.3 Å². The van der Waals surface area contributed by atoms with Crippen LogP contribution in [0.2, 0.25) is 0 Å². The lowest BCUT2D eigenvalue weighted by molar-refractivity contribution is 0.0849. The van der Waals surface area contributed by atoms with Gasteiger partial charge < -0.3 is 20.4 Å². The third-order valence-electron chi connectivity index (χ3n) is 4.40. The number of anilines is 1. The van der Waals surface area contributed by atoms with Crippen LogP contribution in [0, 0.1) is 0 Å². The number of hydrogen-bond donors (Lipinski definition) is 3. The fourth-order valence-electron chi connectivity index (χ4n) is 3.12. The van der Waals surface area contributed by atoms with Crippen molar-refractivity contribution in [3.8, 4) is 5.75 Å². The molecule has 3 rings (SSSR count). The van der Waals surface area contributed by atoms with Crippen molar-refractivity contribution in [2.24, 2.45) is 0 Å². The first-order valence-corrected chi connectivity index (χ1v) is 9.12. The number of carbonyl (C=O) groups is 1. The highest BCUT2D eigenvalue weighted by Gasteiger charge is 2.28. The number of aliphatic hydroxyl groups is 1. The second kappa shape index (κ2) is 7.68. The van der Waals surface area contributed by atoms with Gasteiger partial charge in [-0.25, -0.2) is 4.79 Å². The molecular formula is C18H22N2O3S. The molecule has 1 heterocycles. The number of benzene rings is 1. The molecule has 2 amide bonds. The van der Waals surface area contributed by atoms with Gasteiger partial charge in [0.2, 0.25) is 0 Å². The van der Waals surface area contributed by atoms with Crippen molar-refractivity contribution in [2.75, 3.05) is 5.32 Å². The summed E-state index contributed by atoms with van der Waals surface area (Å²) in [7, 11) is 0. The Morgan fingerprint density at radius 3 is 2.71 bits per heavy atom. The highest BCUT2D eigenvalue weighted by Crippen LogP contribution is 2.26. The zero-order valence-electron chi connectivity index (χ0n) is 13.4. The number of nitrogens with one attached hydrogen (secondary N) is 1. The summed E-state index contributed by atoms with van der Waals surface area (Å²) < 4.78 is 0. The first-order chi connectivity index (χ1) is 11.6. The van der Waals surface area contributed by atoms with Gasteiger partial charge in [-0.1, -0.05) is 12.1 Å². The summed E-state index contributed by atoms with van der Waals surface area (Å²) in [5, 5.41) is 26.2. The maximum absolute atomic E-state index is 12.8. The molecule has 1 aliphatic rings. The van der Waals surface area contributed by atoms with Crippen LogP contribution in [-0.2, 0) is 6.54 Å². The van der Waals surface area contributed by atoms with E-state index in [-0.39, 0.29) is 23.9 Å². The van der Waals surface area contributed by atoms with Crippen LogP contribution < -0.4 is 5.32 Å². The van der Waals surface area contributed by atoms with E-state index in [9.17, 15) is 15.0 Å². The number of rotatable bonds is 4. The Labute approximate surface area is 145 Å². The molecule has 5 nitrogen and oxygen atoms in total. The normalized spacial score (nSPS) is 20.5. The van der Waals surface area contributed by atoms with Gasteiger partial charge in [-0.3, -0.25) is 0 Å². The van der Waals surface area contributed by atoms with Gasteiger partial charge in [0.05, 0.1) is 11.8 Å². The number of urea groups is 1. The number of phenols is 1. The fourth-order valence-corrected chi connectivity index (χ4v) is 3.71. The summed E-state index contributed by atoms with van der Waals surface area (Å²) in [4.78, 5) is 14.6. The number of amides is 2. The van der Waals surface area contributed by atoms with Crippen LogP contribution >= 0.6 is 11.3 Å². The number of aromatic hydroxyl groups is 1. The van der Waals surface area contributed by atoms with Crippen molar-refractivity contribution in [3.63, 3.8) is 0 Å². The zero-order valence-corrected chi connectivity index (χ0v) is 14.2. The Bertz CT molecular complexity index is 667. The molecule has 0 aliphatic heterocycles. The van der Waals surface area contributed by atoms with Gasteiger partial charge in [0.1, 0.15) is 5.75 Å². The van der Waals surface area contributed by atoms with Crippen LogP contribution in [0.1, 0.15) is 31.2 Å². The van der Waals surface area contributed by atoms with Gasteiger partial charge in [-0.05, 0) is 54.8 Å². The standard InChI is InChI=1S/C18H22N2O3S/c21-16-6-4-15(5-7-16)20(11-13-2-1-3-17(22)10-13)18(23)19-14-8-9-24-12-14/h1-3,8-10,12,15-16,21-22H,4-7,11H2,(H,19,23). The van der Waals surface area contributed by atoms with E-state index in [0.29, 0.717) is 19.4 Å². The highest BCUT2D eigenvalue weighted by atomic mass is 32.1. The third-order valence-corrected chi connectivity index (χ3v) is 5.09. The molecule has 0 atom stereocenters. The molecule has 3 N–H and O–H groups in total. The summed E-state index contributed by atoms with van der Waals surface area (Å²) >= 11 is 1.54. The van der Waals surface area contributed by atoms with Crippen molar-refractivity contribution in [1.29, 1.82) is 0 Å². The first-order valence-electron chi connectivity index (χ1n) is 8.17. The van der Waals surface area contributed by atoms with Gasteiger partial charge in [0.15, 0.2) is 0 Å². The fraction of sp³-hybridized carbons (Fsp3) is 0.389. The molecule has 0 spiro atoms. The summed E-state index contributed by atoms with van der Waals surface area (Å²) in [6.45, 7) is 0.436. The number of nitrogens with zero attached hydrogens (tertiary/aromatic N) is 1. The summed E-state index contributed by atoms with van der Waals surface area (Å²) in [5.74, 6) is 0.199. The third kappa shape index (κ3) is 4.27. The van der Waals surface area contributed by atoms with Gasteiger partial charge in [0, 0.05) is 18.0 Å². The number of phenolic OH excluding ortho intramolecular Hbond substituents is 1. The lowest BCUT2D eigenvalue weighted by Gasteiger charge is -2.35. The first kappa shape index (κ1) is 16.8. The minimum absolute atomic E-state index is 0.0920. The molecule has 1 aromatic heterocycles. The Morgan fingerprint density at radius 2 is 2.04 bits per heavy atom. The monoisotopic (exact) mass is 346 g/mol. The van der Waals surface area contributed by atoms with E-state index >= 15 is 0 Å². The molecular weight excluding hydrogens is 324 g/mol. The minimum Gasteiger partial charge on any atom is -0.508 e. The average molecular weight is 346 g/mol. The second-order valence-corrected chi connectivity index (χ2v) is 6.98. The maximum Gasteiger partial charge on any atom is 0.322 e. The van der Waals surface area contributed by atoms with Gasteiger partial charge in [-0.15, -0.1) is 0 Å². The molecule has 0 radical (unpaired) electrons. The minimum atomic E-state index is -0.260. The van der Waals surface area contributed by atoms with Gasteiger partial charge in [-0.2, -0.15) is 11.3 Å². The number of hydrogen-bond acceptors (Lipinski definition) is 4. The van der Waals surface area contributed by atoms with Gasteiger partial charge in [0.25, 0.3) is 0 Å². The molecule has 0 unspecified atom stereocenters. The van der Waals surface area contributed by atoms with Crippen LogP contribution in [0.5, 0.6) is 5.75 Å². The lowest BCUT2D eigenvalue weighted by atomic mass is 9.92. The van der Waals surface area contributed by atoms with E-state index in [2.05, 4.69) is 5.32 Å². The summed E-state index contributed by atoms with van der Waals surface area (Å²) in [6.07, 6.45) is 2.75. The molecule has 6 heteroatoms. The Kier molecular flexibility index (Phi) is 5.37. The molecule has 0 bridgehead atoms. The smallest absolute Gasteiger partial charge is 0.322 e. The van der Waals surface area contributed by atoms with E-state index in [1.54, 1.807) is 18.2 Å². The molecule has 2 aromatic rings. The van der Waals surface area contributed by atoms with Crippen LogP contribution in [0.3, 0.4) is 0 Å². The topological polar surface area (TPSA) is 72.8 Å². The van der Waals surface area contributed by atoms with Crippen LogP contribution in [0.15, 0.2) is 41.1 Å². The Hall–Kier alpha value is -2.05. The van der Waals surface area contributed by atoms with Crippen LogP contribution in [0.25, 0.3) is 0 Å². The maximum atomic E-state index is 12.8. The summed E-state index contributed by atoms with van der Waals surface area (Å²) in [5.41, 5.74) is 1.68. The Balaban J connectivity index is 1.76. The molecule has 24 heavy (non-hydrogen) atoms. The average Bonchev–Trinajstić information content (AvgIpc) is 3.06. The number of carbonyl (C=O) groups excluding carboxylic acids is 1. The molecule has 1 fully saturated rings. The lowest BCUT2D eigenvalue weighted by Crippen LogP contribution is -2.44. The van der Waals surface area contributed by atoms with E-state index < -0.39 is 0 Å². The zero-order chi connectivity index (χ0) is 16.9. The number of thiophene rings is 1.